The third kappa shape index (κ3) is 2.52. The average molecular weight is 260 g/mol. The molecule has 4 nitrogen and oxygen atoms in total. The number of rotatable bonds is 3. The first kappa shape index (κ1) is 13.3. The highest BCUT2D eigenvalue weighted by molar-refractivity contribution is 5.99. The Balaban J connectivity index is 2.54. The number of allylic oxidation sites excluding steroid dienone is 1. The van der Waals surface area contributed by atoms with Crippen molar-refractivity contribution in [3.05, 3.63) is 34.4 Å². The first-order valence-electron chi connectivity index (χ1n) is 6.07. The van der Waals surface area contributed by atoms with Crippen molar-refractivity contribution in [2.45, 2.75) is 19.8 Å². The number of esters is 1. The maximum absolute atomic E-state index is 11.6. The lowest BCUT2D eigenvalue weighted by Gasteiger charge is -2.18. The summed E-state index contributed by atoms with van der Waals surface area (Å²) in [6.45, 7) is 1.56. The molecule has 4 heteroatoms. The van der Waals surface area contributed by atoms with E-state index < -0.39 is 0 Å². The summed E-state index contributed by atoms with van der Waals surface area (Å²) in [4.78, 5) is 23.0. The van der Waals surface area contributed by atoms with Gasteiger partial charge in [-0.25, -0.2) is 4.79 Å². The molecule has 0 spiro atoms. The van der Waals surface area contributed by atoms with Crippen LogP contribution in [-0.2, 0) is 16.0 Å². The normalized spacial score (nSPS) is 13.3. The lowest BCUT2D eigenvalue weighted by molar-refractivity contribution is -0.113. The van der Waals surface area contributed by atoms with Gasteiger partial charge in [0.25, 0.3) is 0 Å². The summed E-state index contributed by atoms with van der Waals surface area (Å²) in [5.74, 6) is 0.281. The lowest BCUT2D eigenvalue weighted by atomic mass is 9.89. The SMILES string of the molecule is COC(=O)c1cc2c(c(OC)c1)C=C(C(C)=O)CC2. The van der Waals surface area contributed by atoms with Gasteiger partial charge in [0.15, 0.2) is 5.78 Å². The second kappa shape index (κ2) is 5.26. The summed E-state index contributed by atoms with van der Waals surface area (Å²) in [6.07, 6.45) is 3.26. The molecule has 1 aliphatic rings. The van der Waals surface area contributed by atoms with Crippen LogP contribution < -0.4 is 4.74 Å². The van der Waals surface area contributed by atoms with Gasteiger partial charge in [0.2, 0.25) is 0 Å². The van der Waals surface area contributed by atoms with Gasteiger partial charge in [0, 0.05) is 5.56 Å². The van der Waals surface area contributed by atoms with Crippen LogP contribution in [0.5, 0.6) is 5.75 Å². The van der Waals surface area contributed by atoms with E-state index in [9.17, 15) is 9.59 Å². The van der Waals surface area contributed by atoms with Crippen LogP contribution in [0.2, 0.25) is 0 Å². The Kier molecular flexibility index (Phi) is 3.69. The van der Waals surface area contributed by atoms with Crippen LogP contribution in [0.3, 0.4) is 0 Å². The zero-order chi connectivity index (χ0) is 14.0. The summed E-state index contributed by atoms with van der Waals surface area (Å²) in [7, 11) is 2.90. The molecule has 0 radical (unpaired) electrons. The molecule has 2 rings (SSSR count). The highest BCUT2D eigenvalue weighted by Crippen LogP contribution is 2.33. The second-order valence-electron chi connectivity index (χ2n) is 4.47. The van der Waals surface area contributed by atoms with Gasteiger partial charge in [0.1, 0.15) is 5.75 Å². The Hall–Kier alpha value is -2.10. The first-order valence-corrected chi connectivity index (χ1v) is 6.07. The molecule has 0 bridgehead atoms. The highest BCUT2D eigenvalue weighted by Gasteiger charge is 2.19. The van der Waals surface area contributed by atoms with E-state index in [1.165, 1.54) is 7.11 Å². The smallest absolute Gasteiger partial charge is 0.337 e. The molecule has 0 heterocycles. The van der Waals surface area contributed by atoms with Crippen molar-refractivity contribution < 1.29 is 19.1 Å². The Morgan fingerprint density at radius 3 is 2.47 bits per heavy atom. The molecule has 0 atom stereocenters. The Bertz CT molecular complexity index is 570. The third-order valence-electron chi connectivity index (χ3n) is 3.30. The standard InChI is InChI=1S/C15H16O4/c1-9(16)10-4-5-11-6-12(15(17)19-3)8-14(18-2)13(11)7-10/h6-8H,4-5H2,1-3H3. The quantitative estimate of drug-likeness (QED) is 0.783. The maximum Gasteiger partial charge on any atom is 0.337 e. The van der Waals surface area contributed by atoms with E-state index in [0.29, 0.717) is 17.7 Å². The second-order valence-corrected chi connectivity index (χ2v) is 4.47. The van der Waals surface area contributed by atoms with E-state index >= 15 is 0 Å². The minimum atomic E-state index is -0.387. The number of hydrogen-bond acceptors (Lipinski definition) is 4. The van der Waals surface area contributed by atoms with E-state index in [0.717, 1.165) is 23.1 Å². The molecule has 1 aromatic carbocycles. The average Bonchev–Trinajstić information content (AvgIpc) is 2.44. The molecule has 0 saturated carbocycles. The molecule has 0 aromatic heterocycles. The van der Waals surface area contributed by atoms with Crippen molar-refractivity contribution in [1.29, 1.82) is 0 Å². The van der Waals surface area contributed by atoms with E-state index in [1.54, 1.807) is 26.2 Å². The lowest BCUT2D eigenvalue weighted by Crippen LogP contribution is -2.09. The summed E-state index contributed by atoms with van der Waals surface area (Å²) in [6, 6.07) is 3.45. The van der Waals surface area contributed by atoms with Gasteiger partial charge in [-0.15, -0.1) is 0 Å². The molecule has 0 amide bonds. The van der Waals surface area contributed by atoms with Gasteiger partial charge < -0.3 is 9.47 Å². The van der Waals surface area contributed by atoms with Crippen molar-refractivity contribution in [3.63, 3.8) is 0 Å². The molecule has 0 unspecified atom stereocenters. The van der Waals surface area contributed by atoms with Gasteiger partial charge in [-0.05, 0) is 49.1 Å². The van der Waals surface area contributed by atoms with Crippen molar-refractivity contribution in [3.8, 4) is 5.75 Å². The van der Waals surface area contributed by atoms with Crippen molar-refractivity contribution in [2.75, 3.05) is 14.2 Å². The van der Waals surface area contributed by atoms with Crippen LogP contribution in [0.1, 0.15) is 34.8 Å². The Labute approximate surface area is 112 Å². The number of Topliss-reactive ketones (excluding diaryl/α,β-unsaturated/α-hetero) is 1. The van der Waals surface area contributed by atoms with Crippen molar-refractivity contribution >= 4 is 17.8 Å². The van der Waals surface area contributed by atoms with E-state index in [1.807, 2.05) is 6.08 Å². The van der Waals surface area contributed by atoms with Crippen LogP contribution in [0.15, 0.2) is 17.7 Å². The number of ether oxygens (including phenoxy) is 2. The fourth-order valence-electron chi connectivity index (χ4n) is 2.25. The number of fused-ring (bicyclic) bond motifs is 1. The van der Waals surface area contributed by atoms with Crippen LogP contribution in [-0.4, -0.2) is 26.0 Å². The monoisotopic (exact) mass is 260 g/mol. The Morgan fingerprint density at radius 2 is 1.89 bits per heavy atom. The zero-order valence-electron chi connectivity index (χ0n) is 11.3. The Morgan fingerprint density at radius 1 is 1.16 bits per heavy atom. The molecule has 1 aliphatic carbocycles. The van der Waals surface area contributed by atoms with Gasteiger partial charge in [0.05, 0.1) is 19.8 Å². The predicted octanol–water partition coefficient (Wildman–Crippen LogP) is 2.40. The van der Waals surface area contributed by atoms with Crippen LogP contribution in [0, 0.1) is 0 Å². The van der Waals surface area contributed by atoms with Gasteiger partial charge >= 0.3 is 5.97 Å². The van der Waals surface area contributed by atoms with E-state index in [-0.39, 0.29) is 11.8 Å². The number of benzene rings is 1. The van der Waals surface area contributed by atoms with Crippen molar-refractivity contribution in [2.24, 2.45) is 0 Å². The van der Waals surface area contributed by atoms with E-state index in [4.69, 9.17) is 9.47 Å². The molecule has 100 valence electrons. The number of methoxy groups -OCH3 is 2. The summed E-state index contributed by atoms with van der Waals surface area (Å²) in [5.41, 5.74) is 3.14. The summed E-state index contributed by atoms with van der Waals surface area (Å²) >= 11 is 0. The number of aryl methyl sites for hydroxylation is 1. The molecule has 1 aromatic rings. The molecule has 0 fully saturated rings. The topological polar surface area (TPSA) is 52.6 Å². The first-order chi connectivity index (χ1) is 9.06. The minimum Gasteiger partial charge on any atom is -0.496 e. The van der Waals surface area contributed by atoms with Crippen molar-refractivity contribution in [1.82, 2.24) is 0 Å². The molecular weight excluding hydrogens is 244 g/mol. The fourth-order valence-corrected chi connectivity index (χ4v) is 2.25. The third-order valence-corrected chi connectivity index (χ3v) is 3.30. The van der Waals surface area contributed by atoms with Crippen LogP contribution in [0.4, 0.5) is 0 Å². The number of carbonyl (C=O) groups is 2. The van der Waals surface area contributed by atoms with Gasteiger partial charge in [-0.1, -0.05) is 0 Å². The highest BCUT2D eigenvalue weighted by atomic mass is 16.5. The number of carbonyl (C=O) groups excluding carboxylic acids is 2. The minimum absolute atomic E-state index is 0.0738. The molecule has 0 saturated heterocycles. The van der Waals surface area contributed by atoms with Crippen LogP contribution >= 0.6 is 0 Å². The summed E-state index contributed by atoms with van der Waals surface area (Å²) < 4.78 is 10.0. The fraction of sp³-hybridized carbons (Fsp3) is 0.333. The maximum atomic E-state index is 11.6. The van der Waals surface area contributed by atoms with Gasteiger partial charge in [-0.3, -0.25) is 4.79 Å². The number of hydrogen-bond donors (Lipinski definition) is 0. The van der Waals surface area contributed by atoms with Crippen LogP contribution in [0.25, 0.3) is 6.08 Å². The van der Waals surface area contributed by atoms with E-state index in [2.05, 4.69) is 0 Å². The molecule has 0 aliphatic heterocycles. The van der Waals surface area contributed by atoms with Gasteiger partial charge in [-0.2, -0.15) is 0 Å². The predicted molar refractivity (Wildman–Crippen MR) is 71.3 cm³/mol. The molecular formula is C15H16O4. The number of ketones is 1. The molecule has 19 heavy (non-hydrogen) atoms. The summed E-state index contributed by atoms with van der Waals surface area (Å²) in [5, 5.41) is 0. The zero-order valence-corrected chi connectivity index (χ0v) is 11.3. The largest absolute Gasteiger partial charge is 0.496 e. The molecule has 0 N–H and O–H groups in total.